The van der Waals surface area contributed by atoms with Crippen LogP contribution in [0.1, 0.15) is 5.56 Å². The van der Waals surface area contributed by atoms with E-state index in [4.69, 9.17) is 5.73 Å². The zero-order chi connectivity index (χ0) is 11.5. The molecule has 0 unspecified atom stereocenters. The molecule has 0 saturated carbocycles. The van der Waals surface area contributed by atoms with Gasteiger partial charge in [0.2, 0.25) is 0 Å². The molecule has 0 aliphatic carbocycles. The molecule has 16 heavy (non-hydrogen) atoms. The third kappa shape index (κ3) is 2.77. The number of nitrogens with zero attached hydrogens (tertiary/aromatic N) is 1. The highest BCUT2D eigenvalue weighted by molar-refractivity contribution is 9.11. The van der Waals surface area contributed by atoms with Crippen molar-refractivity contribution in [1.29, 1.82) is 0 Å². The van der Waals surface area contributed by atoms with Crippen LogP contribution in [0.15, 0.2) is 40.2 Å². The molecule has 0 radical (unpaired) electrons. The van der Waals surface area contributed by atoms with Crippen molar-refractivity contribution in [3.8, 4) is 0 Å². The molecular weight excluding hydrogens is 284 g/mol. The van der Waals surface area contributed by atoms with Crippen LogP contribution in [0.2, 0.25) is 0 Å². The van der Waals surface area contributed by atoms with Gasteiger partial charge in [0, 0.05) is 19.3 Å². The topological polar surface area (TPSA) is 29.3 Å². The number of benzene rings is 1. The van der Waals surface area contributed by atoms with E-state index in [1.54, 1.807) is 11.3 Å². The van der Waals surface area contributed by atoms with Crippen molar-refractivity contribution >= 4 is 38.0 Å². The molecule has 1 heterocycles. The first-order valence-electron chi connectivity index (χ1n) is 4.96. The Morgan fingerprint density at radius 3 is 2.44 bits per heavy atom. The van der Waals surface area contributed by atoms with Gasteiger partial charge in [-0.25, -0.2) is 0 Å². The molecule has 2 rings (SSSR count). The Hall–Kier alpha value is -1.000. The Morgan fingerprint density at radius 2 is 1.88 bits per heavy atom. The Bertz CT molecular complexity index is 464. The minimum Gasteiger partial charge on any atom is -0.399 e. The maximum Gasteiger partial charge on any atom is 0.0920 e. The van der Waals surface area contributed by atoms with Gasteiger partial charge >= 0.3 is 0 Å². The predicted molar refractivity (Wildman–Crippen MR) is 75.0 cm³/mol. The van der Waals surface area contributed by atoms with Crippen LogP contribution < -0.4 is 10.6 Å². The molecule has 2 aromatic rings. The number of anilines is 2. The van der Waals surface area contributed by atoms with E-state index in [0.29, 0.717) is 0 Å². The zero-order valence-electron chi connectivity index (χ0n) is 8.98. The van der Waals surface area contributed by atoms with Gasteiger partial charge in [-0.2, -0.15) is 0 Å². The first-order chi connectivity index (χ1) is 7.65. The van der Waals surface area contributed by atoms with Crippen LogP contribution in [-0.2, 0) is 6.54 Å². The van der Waals surface area contributed by atoms with E-state index in [2.05, 4.69) is 52.1 Å². The SMILES string of the molecule is CN(Cc1ccc(N)cc1)c1ccc(Br)s1. The standard InChI is InChI=1S/C12H13BrN2S/c1-15(12-7-6-11(13)16-12)8-9-2-4-10(14)5-3-9/h2-7H,8,14H2,1H3. The molecule has 0 atom stereocenters. The summed E-state index contributed by atoms with van der Waals surface area (Å²) in [5, 5.41) is 1.25. The summed E-state index contributed by atoms with van der Waals surface area (Å²) in [7, 11) is 2.09. The lowest BCUT2D eigenvalue weighted by molar-refractivity contribution is 0.935. The third-order valence-corrected chi connectivity index (χ3v) is 4.07. The minimum absolute atomic E-state index is 0.810. The van der Waals surface area contributed by atoms with Crippen molar-refractivity contribution in [1.82, 2.24) is 0 Å². The van der Waals surface area contributed by atoms with Crippen LogP contribution in [0.3, 0.4) is 0 Å². The fourth-order valence-electron chi connectivity index (χ4n) is 1.48. The summed E-state index contributed by atoms with van der Waals surface area (Å²) in [6.07, 6.45) is 0. The lowest BCUT2D eigenvalue weighted by Crippen LogP contribution is -2.14. The van der Waals surface area contributed by atoms with E-state index in [-0.39, 0.29) is 0 Å². The van der Waals surface area contributed by atoms with Gasteiger partial charge < -0.3 is 10.6 Å². The molecule has 0 aliphatic rings. The molecule has 0 spiro atoms. The first kappa shape index (κ1) is 11.5. The molecular formula is C12H13BrN2S. The van der Waals surface area contributed by atoms with E-state index in [1.165, 1.54) is 10.6 Å². The molecule has 0 saturated heterocycles. The van der Waals surface area contributed by atoms with Gasteiger partial charge in [-0.1, -0.05) is 12.1 Å². The smallest absolute Gasteiger partial charge is 0.0920 e. The summed E-state index contributed by atoms with van der Waals surface area (Å²) in [6.45, 7) is 0.896. The van der Waals surface area contributed by atoms with E-state index >= 15 is 0 Å². The van der Waals surface area contributed by atoms with E-state index in [1.807, 2.05) is 12.1 Å². The maximum absolute atomic E-state index is 5.65. The monoisotopic (exact) mass is 296 g/mol. The number of hydrogen-bond donors (Lipinski definition) is 1. The highest BCUT2D eigenvalue weighted by atomic mass is 79.9. The van der Waals surface area contributed by atoms with Gasteiger partial charge in [-0.3, -0.25) is 0 Å². The second-order valence-electron chi connectivity index (χ2n) is 3.68. The van der Waals surface area contributed by atoms with Crippen molar-refractivity contribution < 1.29 is 0 Å². The number of nitrogen functional groups attached to an aromatic ring is 1. The lowest BCUT2D eigenvalue weighted by atomic mass is 10.2. The minimum atomic E-state index is 0.810. The number of rotatable bonds is 3. The Morgan fingerprint density at radius 1 is 1.19 bits per heavy atom. The molecule has 1 aromatic heterocycles. The summed E-state index contributed by atoms with van der Waals surface area (Å²) in [5.41, 5.74) is 7.73. The van der Waals surface area contributed by atoms with Crippen LogP contribution >= 0.6 is 27.3 Å². The van der Waals surface area contributed by atoms with Gasteiger partial charge in [-0.05, 0) is 45.8 Å². The fourth-order valence-corrected chi connectivity index (χ4v) is 2.81. The second kappa shape index (κ2) is 4.89. The van der Waals surface area contributed by atoms with Crippen molar-refractivity contribution in [2.45, 2.75) is 6.54 Å². The summed E-state index contributed by atoms with van der Waals surface area (Å²) in [4.78, 5) is 2.22. The van der Waals surface area contributed by atoms with E-state index < -0.39 is 0 Å². The van der Waals surface area contributed by atoms with Crippen molar-refractivity contribution in [3.63, 3.8) is 0 Å². The second-order valence-corrected chi connectivity index (χ2v) is 6.12. The van der Waals surface area contributed by atoms with Crippen molar-refractivity contribution in [2.75, 3.05) is 17.7 Å². The van der Waals surface area contributed by atoms with E-state index in [9.17, 15) is 0 Å². The van der Waals surface area contributed by atoms with Crippen LogP contribution in [0, 0.1) is 0 Å². The molecule has 0 aliphatic heterocycles. The molecule has 84 valence electrons. The molecule has 0 amide bonds. The summed E-state index contributed by atoms with van der Waals surface area (Å²) in [6, 6.07) is 12.2. The fraction of sp³-hybridized carbons (Fsp3) is 0.167. The van der Waals surface area contributed by atoms with Gasteiger partial charge in [-0.15, -0.1) is 11.3 Å². The van der Waals surface area contributed by atoms with Crippen LogP contribution in [0.5, 0.6) is 0 Å². The molecule has 4 heteroatoms. The zero-order valence-corrected chi connectivity index (χ0v) is 11.4. The largest absolute Gasteiger partial charge is 0.399 e. The Balaban J connectivity index is 2.07. The molecule has 0 bridgehead atoms. The van der Waals surface area contributed by atoms with Crippen LogP contribution in [-0.4, -0.2) is 7.05 Å². The summed E-state index contributed by atoms with van der Waals surface area (Å²) < 4.78 is 1.16. The third-order valence-electron chi connectivity index (χ3n) is 2.33. The van der Waals surface area contributed by atoms with Crippen molar-refractivity contribution in [2.24, 2.45) is 0 Å². The Labute approximate surface area is 108 Å². The van der Waals surface area contributed by atoms with Gasteiger partial charge in [0.25, 0.3) is 0 Å². The van der Waals surface area contributed by atoms with E-state index in [0.717, 1.165) is 16.0 Å². The maximum atomic E-state index is 5.65. The number of nitrogens with two attached hydrogens (primary N) is 1. The number of hydrogen-bond acceptors (Lipinski definition) is 3. The van der Waals surface area contributed by atoms with Crippen molar-refractivity contribution in [3.05, 3.63) is 45.7 Å². The highest BCUT2D eigenvalue weighted by Crippen LogP contribution is 2.29. The van der Waals surface area contributed by atoms with Gasteiger partial charge in [0.15, 0.2) is 0 Å². The molecule has 2 nitrogen and oxygen atoms in total. The average Bonchev–Trinajstić information content (AvgIpc) is 2.68. The summed E-state index contributed by atoms with van der Waals surface area (Å²) >= 11 is 5.21. The molecule has 0 fully saturated rings. The number of thiophene rings is 1. The van der Waals surface area contributed by atoms with Crippen LogP contribution in [0.25, 0.3) is 0 Å². The first-order valence-corrected chi connectivity index (χ1v) is 6.57. The summed E-state index contributed by atoms with van der Waals surface area (Å²) in [5.74, 6) is 0. The quantitative estimate of drug-likeness (QED) is 0.875. The number of halogens is 1. The lowest BCUT2D eigenvalue weighted by Gasteiger charge is -2.16. The average molecular weight is 297 g/mol. The van der Waals surface area contributed by atoms with Gasteiger partial charge in [0.05, 0.1) is 8.79 Å². The molecule has 1 aromatic carbocycles. The predicted octanol–water partition coefficient (Wildman–Crippen LogP) is 3.73. The van der Waals surface area contributed by atoms with Gasteiger partial charge in [0.1, 0.15) is 0 Å². The normalized spacial score (nSPS) is 10.4. The van der Waals surface area contributed by atoms with Crippen LogP contribution in [0.4, 0.5) is 10.7 Å². The highest BCUT2D eigenvalue weighted by Gasteiger charge is 2.04. The Kier molecular flexibility index (Phi) is 3.51. The molecule has 2 N–H and O–H groups in total.